The van der Waals surface area contributed by atoms with Crippen LogP contribution in [0.2, 0.25) is 0 Å². The van der Waals surface area contributed by atoms with E-state index in [4.69, 9.17) is 4.74 Å². The van der Waals surface area contributed by atoms with Crippen LogP contribution in [0.5, 0.6) is 0 Å². The fourth-order valence-electron chi connectivity index (χ4n) is 2.18. The molecule has 1 aliphatic heterocycles. The first-order valence-corrected chi connectivity index (χ1v) is 6.80. The van der Waals surface area contributed by atoms with E-state index in [1.165, 1.54) is 0 Å². The first kappa shape index (κ1) is 13.8. The molecule has 0 aliphatic carbocycles. The molecule has 0 atom stereocenters. The summed E-state index contributed by atoms with van der Waals surface area (Å²) in [7, 11) is 0. The quantitative estimate of drug-likeness (QED) is 0.868. The molecule has 1 amide bonds. The van der Waals surface area contributed by atoms with Crippen LogP contribution in [0.3, 0.4) is 0 Å². The van der Waals surface area contributed by atoms with E-state index in [0.29, 0.717) is 5.56 Å². The van der Waals surface area contributed by atoms with Gasteiger partial charge in [0, 0.05) is 37.7 Å². The minimum Gasteiger partial charge on any atom is -0.385 e. The Bertz CT molecular complexity index is 442. The fourth-order valence-corrected chi connectivity index (χ4v) is 2.18. The molecule has 2 N–H and O–H groups in total. The molecule has 5 heteroatoms. The largest absolute Gasteiger partial charge is 0.385 e. The van der Waals surface area contributed by atoms with Crippen molar-refractivity contribution in [2.24, 2.45) is 0 Å². The molecule has 0 radical (unpaired) electrons. The normalized spacial score (nSPS) is 16.1. The van der Waals surface area contributed by atoms with Crippen LogP contribution >= 0.6 is 0 Å². The summed E-state index contributed by atoms with van der Waals surface area (Å²) in [5, 5.41) is 6.26. The van der Waals surface area contributed by atoms with Gasteiger partial charge in [0.2, 0.25) is 0 Å². The minimum absolute atomic E-state index is 0.0599. The monoisotopic (exact) mass is 263 g/mol. The van der Waals surface area contributed by atoms with Crippen molar-refractivity contribution < 1.29 is 9.53 Å². The van der Waals surface area contributed by atoms with Gasteiger partial charge < -0.3 is 15.4 Å². The third kappa shape index (κ3) is 3.67. The number of pyridine rings is 1. The van der Waals surface area contributed by atoms with Crippen LogP contribution in [0, 0.1) is 6.92 Å². The van der Waals surface area contributed by atoms with Gasteiger partial charge in [-0.05, 0) is 32.8 Å². The van der Waals surface area contributed by atoms with Gasteiger partial charge in [-0.3, -0.25) is 9.78 Å². The lowest BCUT2D eigenvalue weighted by Crippen LogP contribution is -2.39. The Morgan fingerprint density at radius 2 is 2.21 bits per heavy atom. The third-order valence-corrected chi connectivity index (χ3v) is 3.21. The topological polar surface area (TPSA) is 63.2 Å². The molecular weight excluding hydrogens is 242 g/mol. The average molecular weight is 263 g/mol. The van der Waals surface area contributed by atoms with Gasteiger partial charge in [0.15, 0.2) is 0 Å². The summed E-state index contributed by atoms with van der Waals surface area (Å²) >= 11 is 0. The van der Waals surface area contributed by atoms with Crippen LogP contribution in [-0.2, 0) is 4.74 Å². The maximum Gasteiger partial charge on any atom is 0.255 e. The van der Waals surface area contributed by atoms with Gasteiger partial charge >= 0.3 is 0 Å². The van der Waals surface area contributed by atoms with Gasteiger partial charge in [-0.1, -0.05) is 0 Å². The first-order chi connectivity index (χ1) is 9.20. The highest BCUT2D eigenvalue weighted by atomic mass is 16.5. The number of anilines is 1. The zero-order valence-electron chi connectivity index (χ0n) is 11.5. The second kappa shape index (κ2) is 6.52. The number of hydrogen-bond donors (Lipinski definition) is 2. The number of ether oxygens (including phenoxy) is 1. The Kier molecular flexibility index (Phi) is 4.74. The van der Waals surface area contributed by atoms with Crippen molar-refractivity contribution in [2.75, 3.05) is 25.1 Å². The van der Waals surface area contributed by atoms with Crippen molar-refractivity contribution in [3.8, 4) is 0 Å². The van der Waals surface area contributed by atoms with Gasteiger partial charge in [0.25, 0.3) is 5.91 Å². The first-order valence-electron chi connectivity index (χ1n) is 6.80. The van der Waals surface area contributed by atoms with Gasteiger partial charge in [-0.15, -0.1) is 0 Å². The second-order valence-corrected chi connectivity index (χ2v) is 4.76. The molecule has 1 fully saturated rings. The highest BCUT2D eigenvalue weighted by Crippen LogP contribution is 2.16. The molecule has 0 bridgehead atoms. The molecule has 1 saturated heterocycles. The summed E-state index contributed by atoms with van der Waals surface area (Å²) in [5.74, 6) is -0.0599. The lowest BCUT2D eigenvalue weighted by Gasteiger charge is -2.23. The van der Waals surface area contributed by atoms with Crippen LogP contribution in [0.15, 0.2) is 12.3 Å². The number of hydrogen-bond acceptors (Lipinski definition) is 4. The molecule has 1 aromatic rings. The van der Waals surface area contributed by atoms with Crippen molar-refractivity contribution in [2.45, 2.75) is 32.7 Å². The summed E-state index contributed by atoms with van der Waals surface area (Å²) in [6.07, 6.45) is 3.39. The van der Waals surface area contributed by atoms with Gasteiger partial charge in [0.05, 0.1) is 11.3 Å². The smallest absolute Gasteiger partial charge is 0.255 e. The molecule has 19 heavy (non-hydrogen) atoms. The van der Waals surface area contributed by atoms with Crippen molar-refractivity contribution in [3.05, 3.63) is 23.5 Å². The van der Waals surface area contributed by atoms with Gasteiger partial charge in [-0.2, -0.15) is 0 Å². The van der Waals surface area contributed by atoms with Crippen molar-refractivity contribution in [1.82, 2.24) is 10.3 Å². The maximum absolute atomic E-state index is 12.3. The predicted molar refractivity (Wildman–Crippen MR) is 74.4 cm³/mol. The van der Waals surface area contributed by atoms with E-state index in [-0.39, 0.29) is 11.9 Å². The van der Waals surface area contributed by atoms with E-state index >= 15 is 0 Å². The number of amides is 1. The third-order valence-electron chi connectivity index (χ3n) is 3.21. The maximum atomic E-state index is 12.3. The van der Waals surface area contributed by atoms with Gasteiger partial charge in [-0.25, -0.2) is 0 Å². The molecule has 2 rings (SSSR count). The van der Waals surface area contributed by atoms with Crippen molar-refractivity contribution >= 4 is 11.6 Å². The van der Waals surface area contributed by atoms with Crippen molar-refractivity contribution in [3.63, 3.8) is 0 Å². The summed E-state index contributed by atoms with van der Waals surface area (Å²) in [6, 6.07) is 2.11. The number of aryl methyl sites for hydroxylation is 1. The predicted octanol–water partition coefficient (Wildman–Crippen LogP) is 1.73. The Morgan fingerprint density at radius 3 is 2.89 bits per heavy atom. The molecule has 104 valence electrons. The number of aromatic nitrogens is 1. The average Bonchev–Trinajstić information content (AvgIpc) is 2.40. The van der Waals surface area contributed by atoms with Gasteiger partial charge in [0.1, 0.15) is 0 Å². The Hall–Kier alpha value is -1.62. The van der Waals surface area contributed by atoms with Crippen LogP contribution in [0.4, 0.5) is 5.69 Å². The van der Waals surface area contributed by atoms with E-state index in [0.717, 1.165) is 44.0 Å². The van der Waals surface area contributed by atoms with E-state index in [9.17, 15) is 4.79 Å². The van der Waals surface area contributed by atoms with E-state index in [2.05, 4.69) is 15.6 Å². The highest BCUT2D eigenvalue weighted by Gasteiger charge is 2.19. The second-order valence-electron chi connectivity index (χ2n) is 4.76. The Labute approximate surface area is 113 Å². The SMILES string of the molecule is CCNc1cc(C)ncc1C(=O)NC1CCOCC1. The minimum atomic E-state index is -0.0599. The number of carbonyl (C=O) groups is 1. The number of nitrogens with zero attached hydrogens (tertiary/aromatic N) is 1. The summed E-state index contributed by atoms with van der Waals surface area (Å²) in [6.45, 7) is 6.15. The Balaban J connectivity index is 2.08. The molecule has 1 aliphatic rings. The zero-order valence-corrected chi connectivity index (χ0v) is 11.5. The standard InChI is InChI=1S/C14H21N3O2/c1-3-15-13-8-10(2)16-9-12(13)14(18)17-11-4-6-19-7-5-11/h8-9,11H,3-7H2,1-2H3,(H,15,16)(H,17,18). The molecule has 2 heterocycles. The molecule has 1 aromatic heterocycles. The Morgan fingerprint density at radius 1 is 1.47 bits per heavy atom. The van der Waals surface area contributed by atoms with E-state index in [1.54, 1.807) is 6.20 Å². The number of nitrogens with one attached hydrogen (secondary N) is 2. The highest BCUT2D eigenvalue weighted by molar-refractivity contribution is 5.99. The van der Waals surface area contributed by atoms with Crippen LogP contribution < -0.4 is 10.6 Å². The fraction of sp³-hybridized carbons (Fsp3) is 0.571. The zero-order chi connectivity index (χ0) is 13.7. The van der Waals surface area contributed by atoms with Crippen LogP contribution in [-0.4, -0.2) is 36.7 Å². The van der Waals surface area contributed by atoms with Crippen LogP contribution in [0.1, 0.15) is 35.8 Å². The molecule has 0 saturated carbocycles. The summed E-state index contributed by atoms with van der Waals surface area (Å²) in [4.78, 5) is 16.5. The van der Waals surface area contributed by atoms with E-state index in [1.807, 2.05) is 19.9 Å². The molecule has 5 nitrogen and oxygen atoms in total. The number of rotatable bonds is 4. The van der Waals surface area contributed by atoms with Crippen molar-refractivity contribution in [1.29, 1.82) is 0 Å². The summed E-state index contributed by atoms with van der Waals surface area (Å²) < 4.78 is 5.29. The summed E-state index contributed by atoms with van der Waals surface area (Å²) in [5.41, 5.74) is 2.36. The molecule has 0 spiro atoms. The molecule has 0 unspecified atom stereocenters. The number of carbonyl (C=O) groups excluding carboxylic acids is 1. The lowest BCUT2D eigenvalue weighted by atomic mass is 10.1. The van der Waals surface area contributed by atoms with E-state index < -0.39 is 0 Å². The lowest BCUT2D eigenvalue weighted by molar-refractivity contribution is 0.0696. The molecular formula is C14H21N3O2. The van der Waals surface area contributed by atoms with Crippen LogP contribution in [0.25, 0.3) is 0 Å². The molecule has 0 aromatic carbocycles.